The summed E-state index contributed by atoms with van der Waals surface area (Å²) in [5, 5.41) is 10.1. The van der Waals surface area contributed by atoms with E-state index in [1.54, 1.807) is 36.4 Å². The molecular formula is C17H19FO3. The molecule has 0 saturated carbocycles. The van der Waals surface area contributed by atoms with Gasteiger partial charge in [0.25, 0.3) is 0 Å². The predicted molar refractivity (Wildman–Crippen MR) is 79.1 cm³/mol. The van der Waals surface area contributed by atoms with Gasteiger partial charge in [-0.15, -0.1) is 0 Å². The van der Waals surface area contributed by atoms with Gasteiger partial charge < -0.3 is 14.6 Å². The third kappa shape index (κ3) is 4.46. The highest BCUT2D eigenvalue weighted by atomic mass is 19.1. The van der Waals surface area contributed by atoms with Crippen molar-refractivity contribution in [2.45, 2.75) is 26.1 Å². The molecule has 0 spiro atoms. The Labute approximate surface area is 124 Å². The summed E-state index contributed by atoms with van der Waals surface area (Å²) in [4.78, 5) is 0. The van der Waals surface area contributed by atoms with Gasteiger partial charge in [-0.1, -0.05) is 24.3 Å². The molecule has 0 aromatic heterocycles. The number of aliphatic hydroxyl groups excluding tert-OH is 1. The Morgan fingerprint density at radius 2 is 1.71 bits per heavy atom. The molecule has 2 aromatic rings. The molecule has 0 aliphatic rings. The van der Waals surface area contributed by atoms with E-state index in [1.165, 1.54) is 12.1 Å². The summed E-state index contributed by atoms with van der Waals surface area (Å²) < 4.78 is 24.2. The summed E-state index contributed by atoms with van der Waals surface area (Å²) in [6, 6.07) is 13.2. The van der Waals surface area contributed by atoms with Crippen LogP contribution in [0, 0.1) is 5.82 Å². The van der Waals surface area contributed by atoms with Crippen LogP contribution in [-0.2, 0) is 0 Å². The highest BCUT2D eigenvalue weighted by Gasteiger charge is 2.10. The minimum absolute atomic E-state index is 0.00861. The molecule has 0 radical (unpaired) electrons. The number of ether oxygens (including phenoxy) is 2. The monoisotopic (exact) mass is 290 g/mol. The summed E-state index contributed by atoms with van der Waals surface area (Å²) in [7, 11) is 0. The summed E-state index contributed by atoms with van der Waals surface area (Å²) >= 11 is 0. The number of hydrogen-bond donors (Lipinski definition) is 1. The maximum absolute atomic E-state index is 13.4. The first-order valence-electron chi connectivity index (χ1n) is 6.88. The van der Waals surface area contributed by atoms with E-state index < -0.39 is 11.9 Å². The van der Waals surface area contributed by atoms with Crippen molar-refractivity contribution in [3.05, 3.63) is 59.9 Å². The summed E-state index contributed by atoms with van der Waals surface area (Å²) in [5.41, 5.74) is 0.697. The SMILES string of the molecule is CC(C)Oc1ccc(C(O)COc2ccccc2F)cc1. The molecule has 0 fully saturated rings. The first-order chi connectivity index (χ1) is 10.1. The van der Waals surface area contributed by atoms with Crippen LogP contribution in [0.3, 0.4) is 0 Å². The zero-order valence-electron chi connectivity index (χ0n) is 12.1. The van der Waals surface area contributed by atoms with Crippen LogP contribution in [0.25, 0.3) is 0 Å². The lowest BCUT2D eigenvalue weighted by atomic mass is 10.1. The zero-order valence-corrected chi connectivity index (χ0v) is 12.1. The molecule has 0 aliphatic carbocycles. The van der Waals surface area contributed by atoms with Crippen molar-refractivity contribution >= 4 is 0 Å². The lowest BCUT2D eigenvalue weighted by Crippen LogP contribution is -2.10. The van der Waals surface area contributed by atoms with Crippen molar-refractivity contribution in [2.24, 2.45) is 0 Å². The van der Waals surface area contributed by atoms with Crippen molar-refractivity contribution in [3.8, 4) is 11.5 Å². The fraction of sp³-hybridized carbons (Fsp3) is 0.294. The average Bonchev–Trinajstić information content (AvgIpc) is 2.46. The van der Waals surface area contributed by atoms with Crippen LogP contribution in [0.2, 0.25) is 0 Å². The number of aliphatic hydroxyl groups is 1. The largest absolute Gasteiger partial charge is 0.491 e. The lowest BCUT2D eigenvalue weighted by molar-refractivity contribution is 0.106. The quantitative estimate of drug-likeness (QED) is 0.881. The molecule has 1 N–H and O–H groups in total. The van der Waals surface area contributed by atoms with Gasteiger partial charge in [0.2, 0.25) is 0 Å². The van der Waals surface area contributed by atoms with E-state index in [0.29, 0.717) is 5.56 Å². The van der Waals surface area contributed by atoms with Crippen molar-refractivity contribution in [2.75, 3.05) is 6.61 Å². The summed E-state index contributed by atoms with van der Waals surface area (Å²) in [6.07, 6.45) is -0.720. The van der Waals surface area contributed by atoms with Crippen LogP contribution in [0.1, 0.15) is 25.5 Å². The van der Waals surface area contributed by atoms with E-state index in [9.17, 15) is 9.50 Å². The number of benzene rings is 2. The molecule has 3 nitrogen and oxygen atoms in total. The van der Waals surface area contributed by atoms with E-state index in [4.69, 9.17) is 9.47 Å². The molecule has 1 atom stereocenters. The van der Waals surface area contributed by atoms with Gasteiger partial charge in [0.15, 0.2) is 11.6 Å². The first kappa shape index (κ1) is 15.3. The second kappa shape index (κ2) is 7.09. The highest BCUT2D eigenvalue weighted by Crippen LogP contribution is 2.21. The van der Waals surface area contributed by atoms with E-state index in [-0.39, 0.29) is 18.5 Å². The molecule has 0 saturated heterocycles. The van der Waals surface area contributed by atoms with Crippen molar-refractivity contribution in [3.63, 3.8) is 0 Å². The summed E-state index contributed by atoms with van der Waals surface area (Å²) in [6.45, 7) is 3.89. The average molecular weight is 290 g/mol. The van der Waals surface area contributed by atoms with E-state index in [1.807, 2.05) is 13.8 Å². The Morgan fingerprint density at radius 3 is 2.33 bits per heavy atom. The molecule has 2 aromatic carbocycles. The fourth-order valence-electron chi connectivity index (χ4n) is 1.87. The van der Waals surface area contributed by atoms with Gasteiger partial charge in [-0.05, 0) is 43.7 Å². The molecule has 0 aliphatic heterocycles. The van der Waals surface area contributed by atoms with E-state index in [2.05, 4.69) is 0 Å². The van der Waals surface area contributed by atoms with Gasteiger partial charge in [-0.2, -0.15) is 0 Å². The Kier molecular flexibility index (Phi) is 5.17. The van der Waals surface area contributed by atoms with Crippen LogP contribution in [0.15, 0.2) is 48.5 Å². The summed E-state index contributed by atoms with van der Waals surface area (Å²) in [5.74, 6) is 0.442. The second-order valence-electron chi connectivity index (χ2n) is 4.99. The second-order valence-corrected chi connectivity index (χ2v) is 4.99. The number of rotatable bonds is 6. The van der Waals surface area contributed by atoms with Gasteiger partial charge in [0, 0.05) is 0 Å². The topological polar surface area (TPSA) is 38.7 Å². The highest BCUT2D eigenvalue weighted by molar-refractivity contribution is 5.29. The lowest BCUT2D eigenvalue weighted by Gasteiger charge is -2.14. The van der Waals surface area contributed by atoms with Gasteiger partial charge in [-0.25, -0.2) is 4.39 Å². The maximum atomic E-state index is 13.4. The standard InChI is InChI=1S/C17H19FO3/c1-12(2)21-14-9-7-13(8-10-14)16(19)11-20-17-6-4-3-5-15(17)18/h3-10,12,16,19H,11H2,1-2H3. The van der Waals surface area contributed by atoms with Gasteiger partial charge in [-0.3, -0.25) is 0 Å². The van der Waals surface area contributed by atoms with E-state index in [0.717, 1.165) is 5.75 Å². The fourth-order valence-corrected chi connectivity index (χ4v) is 1.87. The molecule has 0 heterocycles. The first-order valence-corrected chi connectivity index (χ1v) is 6.88. The smallest absolute Gasteiger partial charge is 0.165 e. The van der Waals surface area contributed by atoms with E-state index >= 15 is 0 Å². The van der Waals surface area contributed by atoms with Gasteiger partial charge in [0.1, 0.15) is 18.5 Å². The molecular weight excluding hydrogens is 271 g/mol. The molecule has 112 valence electrons. The molecule has 0 amide bonds. The van der Waals surface area contributed by atoms with Crippen LogP contribution in [-0.4, -0.2) is 17.8 Å². The molecule has 0 bridgehead atoms. The number of halogens is 1. The van der Waals surface area contributed by atoms with Gasteiger partial charge in [0.05, 0.1) is 6.10 Å². The van der Waals surface area contributed by atoms with Crippen molar-refractivity contribution in [1.29, 1.82) is 0 Å². The van der Waals surface area contributed by atoms with Crippen LogP contribution in [0.4, 0.5) is 4.39 Å². The Bertz CT molecular complexity index is 567. The third-order valence-electron chi connectivity index (χ3n) is 2.87. The molecule has 21 heavy (non-hydrogen) atoms. The third-order valence-corrected chi connectivity index (χ3v) is 2.87. The minimum atomic E-state index is -0.822. The van der Waals surface area contributed by atoms with Gasteiger partial charge >= 0.3 is 0 Å². The Morgan fingerprint density at radius 1 is 1.05 bits per heavy atom. The number of hydrogen-bond acceptors (Lipinski definition) is 3. The van der Waals surface area contributed by atoms with Crippen LogP contribution >= 0.6 is 0 Å². The normalized spacial score (nSPS) is 12.2. The Hall–Kier alpha value is -2.07. The number of para-hydroxylation sites is 1. The zero-order chi connectivity index (χ0) is 15.2. The van der Waals surface area contributed by atoms with Crippen LogP contribution < -0.4 is 9.47 Å². The molecule has 1 unspecified atom stereocenters. The Balaban J connectivity index is 1.94. The van der Waals surface area contributed by atoms with Crippen LogP contribution in [0.5, 0.6) is 11.5 Å². The minimum Gasteiger partial charge on any atom is -0.491 e. The van der Waals surface area contributed by atoms with Crippen molar-refractivity contribution < 1.29 is 19.0 Å². The van der Waals surface area contributed by atoms with Crippen molar-refractivity contribution in [1.82, 2.24) is 0 Å². The predicted octanol–water partition coefficient (Wildman–Crippen LogP) is 3.73. The molecule has 2 rings (SSSR count). The maximum Gasteiger partial charge on any atom is 0.165 e. The molecule has 4 heteroatoms.